The van der Waals surface area contributed by atoms with E-state index in [4.69, 9.17) is 10.3 Å². The molecule has 0 saturated carbocycles. The number of hydrogen-bond acceptors (Lipinski definition) is 6. The summed E-state index contributed by atoms with van der Waals surface area (Å²) in [6, 6.07) is 10.2. The lowest BCUT2D eigenvalue weighted by atomic mass is 10.1. The second-order valence-electron chi connectivity index (χ2n) is 5.50. The summed E-state index contributed by atoms with van der Waals surface area (Å²) in [5.41, 5.74) is 6.82. The van der Waals surface area contributed by atoms with Crippen LogP contribution >= 0.6 is 0 Å². The van der Waals surface area contributed by atoms with Crippen molar-refractivity contribution in [2.75, 3.05) is 33.2 Å². The molecule has 1 saturated heterocycles. The van der Waals surface area contributed by atoms with Gasteiger partial charge in [0.25, 0.3) is 5.89 Å². The fourth-order valence-corrected chi connectivity index (χ4v) is 2.68. The standard InChI is InChI=1S/C15H21N5O/c1-19-7-8-20(13(9-16)10-19)11-14-17-15(21-18-14)12-5-3-2-4-6-12/h2-6,13H,7-11,16H2,1H3. The van der Waals surface area contributed by atoms with Gasteiger partial charge < -0.3 is 15.2 Å². The van der Waals surface area contributed by atoms with Crippen molar-refractivity contribution in [3.05, 3.63) is 36.2 Å². The molecule has 1 aliphatic rings. The van der Waals surface area contributed by atoms with Gasteiger partial charge in [-0.3, -0.25) is 4.90 Å². The van der Waals surface area contributed by atoms with Crippen LogP contribution in [0, 0.1) is 0 Å². The molecular weight excluding hydrogens is 266 g/mol. The maximum Gasteiger partial charge on any atom is 0.257 e. The van der Waals surface area contributed by atoms with Crippen LogP contribution in [0.2, 0.25) is 0 Å². The molecule has 1 unspecified atom stereocenters. The molecule has 1 aromatic heterocycles. The Hall–Kier alpha value is -1.76. The topological polar surface area (TPSA) is 71.4 Å². The van der Waals surface area contributed by atoms with Crippen molar-refractivity contribution in [2.45, 2.75) is 12.6 Å². The average molecular weight is 287 g/mol. The number of benzene rings is 1. The second kappa shape index (κ2) is 6.34. The quantitative estimate of drug-likeness (QED) is 0.897. The summed E-state index contributed by atoms with van der Waals surface area (Å²) in [5.74, 6) is 1.29. The summed E-state index contributed by atoms with van der Waals surface area (Å²) in [4.78, 5) is 9.13. The van der Waals surface area contributed by atoms with Crippen LogP contribution in [-0.2, 0) is 6.54 Å². The molecule has 1 fully saturated rings. The summed E-state index contributed by atoms with van der Waals surface area (Å²) in [5, 5.41) is 4.09. The van der Waals surface area contributed by atoms with Gasteiger partial charge in [0, 0.05) is 37.8 Å². The van der Waals surface area contributed by atoms with Gasteiger partial charge in [-0.15, -0.1) is 0 Å². The number of rotatable bonds is 4. The van der Waals surface area contributed by atoms with E-state index in [0.29, 0.717) is 25.0 Å². The van der Waals surface area contributed by atoms with Crippen LogP contribution in [0.4, 0.5) is 0 Å². The maximum atomic E-state index is 5.87. The first kappa shape index (κ1) is 14.2. The van der Waals surface area contributed by atoms with E-state index in [1.807, 2.05) is 30.3 Å². The van der Waals surface area contributed by atoms with E-state index in [2.05, 4.69) is 27.0 Å². The highest BCUT2D eigenvalue weighted by Crippen LogP contribution is 2.17. The number of hydrogen-bond donors (Lipinski definition) is 1. The van der Waals surface area contributed by atoms with E-state index >= 15 is 0 Å². The van der Waals surface area contributed by atoms with E-state index in [9.17, 15) is 0 Å². The zero-order valence-corrected chi connectivity index (χ0v) is 12.3. The van der Waals surface area contributed by atoms with Gasteiger partial charge in [0.1, 0.15) is 0 Å². The minimum Gasteiger partial charge on any atom is -0.334 e. The number of nitrogens with zero attached hydrogens (tertiary/aromatic N) is 4. The van der Waals surface area contributed by atoms with Gasteiger partial charge >= 0.3 is 0 Å². The summed E-state index contributed by atoms with van der Waals surface area (Å²) >= 11 is 0. The molecule has 1 atom stereocenters. The van der Waals surface area contributed by atoms with Gasteiger partial charge in [-0.25, -0.2) is 0 Å². The lowest BCUT2D eigenvalue weighted by Gasteiger charge is -2.38. The zero-order chi connectivity index (χ0) is 14.7. The maximum absolute atomic E-state index is 5.87. The predicted molar refractivity (Wildman–Crippen MR) is 80.5 cm³/mol. The summed E-state index contributed by atoms with van der Waals surface area (Å²) in [7, 11) is 2.13. The highest BCUT2D eigenvalue weighted by Gasteiger charge is 2.25. The van der Waals surface area contributed by atoms with Crippen LogP contribution in [0.15, 0.2) is 34.9 Å². The molecule has 1 aliphatic heterocycles. The smallest absolute Gasteiger partial charge is 0.257 e. The molecule has 2 aromatic rings. The Morgan fingerprint density at radius 2 is 2.10 bits per heavy atom. The molecule has 3 rings (SSSR count). The Morgan fingerprint density at radius 3 is 2.86 bits per heavy atom. The van der Waals surface area contributed by atoms with Crippen molar-refractivity contribution in [2.24, 2.45) is 5.73 Å². The summed E-state index contributed by atoms with van der Waals surface area (Å²) in [6.07, 6.45) is 0. The van der Waals surface area contributed by atoms with Gasteiger partial charge in [-0.2, -0.15) is 4.98 Å². The molecule has 6 nitrogen and oxygen atoms in total. The van der Waals surface area contributed by atoms with Crippen LogP contribution in [-0.4, -0.2) is 59.2 Å². The normalized spacial score (nSPS) is 20.8. The van der Waals surface area contributed by atoms with E-state index in [0.717, 1.165) is 31.0 Å². The largest absolute Gasteiger partial charge is 0.334 e. The molecule has 6 heteroatoms. The fraction of sp³-hybridized carbons (Fsp3) is 0.467. The SMILES string of the molecule is CN1CCN(Cc2noc(-c3ccccc3)n2)C(CN)C1. The van der Waals surface area contributed by atoms with E-state index in [1.165, 1.54) is 0 Å². The van der Waals surface area contributed by atoms with Crippen molar-refractivity contribution in [3.63, 3.8) is 0 Å². The molecule has 2 N–H and O–H groups in total. The molecular formula is C15H21N5O. The third-order valence-corrected chi connectivity index (χ3v) is 3.91. The molecule has 0 aliphatic carbocycles. The average Bonchev–Trinajstić information content (AvgIpc) is 2.98. The van der Waals surface area contributed by atoms with Gasteiger partial charge in [-0.1, -0.05) is 23.4 Å². The highest BCUT2D eigenvalue weighted by molar-refractivity contribution is 5.51. The van der Waals surface area contributed by atoms with Crippen LogP contribution in [0.5, 0.6) is 0 Å². The van der Waals surface area contributed by atoms with Crippen LogP contribution in [0.3, 0.4) is 0 Å². The Bertz CT molecular complexity index is 570. The summed E-state index contributed by atoms with van der Waals surface area (Å²) < 4.78 is 5.35. The van der Waals surface area contributed by atoms with Crippen molar-refractivity contribution in [1.82, 2.24) is 19.9 Å². The third kappa shape index (κ3) is 3.29. The van der Waals surface area contributed by atoms with Crippen molar-refractivity contribution in [3.8, 4) is 11.5 Å². The number of piperazine rings is 1. The molecule has 0 bridgehead atoms. The first-order chi connectivity index (χ1) is 10.3. The Kier molecular flexibility index (Phi) is 4.28. The Balaban J connectivity index is 1.69. The number of aromatic nitrogens is 2. The van der Waals surface area contributed by atoms with E-state index in [-0.39, 0.29) is 0 Å². The first-order valence-electron chi connectivity index (χ1n) is 7.27. The van der Waals surface area contributed by atoms with Crippen LogP contribution in [0.1, 0.15) is 5.82 Å². The highest BCUT2D eigenvalue weighted by atomic mass is 16.5. The van der Waals surface area contributed by atoms with Gasteiger partial charge in [0.15, 0.2) is 5.82 Å². The van der Waals surface area contributed by atoms with E-state index in [1.54, 1.807) is 0 Å². The molecule has 1 aromatic carbocycles. The minimum absolute atomic E-state index is 0.349. The molecule has 112 valence electrons. The molecule has 0 spiro atoms. The molecule has 21 heavy (non-hydrogen) atoms. The lowest BCUT2D eigenvalue weighted by Crippen LogP contribution is -2.54. The monoisotopic (exact) mass is 287 g/mol. The first-order valence-corrected chi connectivity index (χ1v) is 7.27. The van der Waals surface area contributed by atoms with Crippen molar-refractivity contribution in [1.29, 1.82) is 0 Å². The third-order valence-electron chi connectivity index (χ3n) is 3.91. The number of likely N-dealkylation sites (N-methyl/N-ethyl adjacent to an activating group) is 1. The van der Waals surface area contributed by atoms with E-state index < -0.39 is 0 Å². The van der Waals surface area contributed by atoms with Gasteiger partial charge in [0.2, 0.25) is 0 Å². The predicted octanol–water partition coefficient (Wildman–Crippen LogP) is 0.811. The van der Waals surface area contributed by atoms with Crippen LogP contribution < -0.4 is 5.73 Å². The number of nitrogens with two attached hydrogens (primary N) is 1. The van der Waals surface area contributed by atoms with Gasteiger partial charge in [-0.05, 0) is 19.2 Å². The molecule has 2 heterocycles. The zero-order valence-electron chi connectivity index (χ0n) is 12.3. The van der Waals surface area contributed by atoms with Crippen molar-refractivity contribution >= 4 is 0 Å². The minimum atomic E-state index is 0.349. The van der Waals surface area contributed by atoms with Gasteiger partial charge in [0.05, 0.1) is 6.54 Å². The second-order valence-corrected chi connectivity index (χ2v) is 5.50. The lowest BCUT2D eigenvalue weighted by molar-refractivity contribution is 0.0851. The Morgan fingerprint density at radius 1 is 1.29 bits per heavy atom. The Labute approximate surface area is 124 Å². The van der Waals surface area contributed by atoms with Crippen molar-refractivity contribution < 1.29 is 4.52 Å². The molecule has 0 amide bonds. The van der Waals surface area contributed by atoms with Crippen LogP contribution in [0.25, 0.3) is 11.5 Å². The molecule has 0 radical (unpaired) electrons. The summed E-state index contributed by atoms with van der Waals surface area (Å²) in [6.45, 7) is 4.34. The fourth-order valence-electron chi connectivity index (χ4n) is 2.68.